The Kier molecular flexibility index (Phi) is 13.6. The number of aromatic nitrogens is 2. The van der Waals surface area contributed by atoms with E-state index in [0.717, 1.165) is 18.4 Å². The lowest BCUT2D eigenvalue weighted by molar-refractivity contribution is -0.139. The van der Waals surface area contributed by atoms with Gasteiger partial charge in [-0.2, -0.15) is 0 Å². The first-order chi connectivity index (χ1) is 26.3. The third-order valence-corrected chi connectivity index (χ3v) is 13.1. The summed E-state index contributed by atoms with van der Waals surface area (Å²) in [4.78, 5) is 54.4. The van der Waals surface area contributed by atoms with E-state index in [1.54, 1.807) is 36.7 Å². The molecular weight excluding hydrogens is 813 g/mol. The fraction of sp³-hybridized carbons (Fsp3) is 0.235. The van der Waals surface area contributed by atoms with Crippen LogP contribution in [0.4, 0.5) is 10.3 Å². The lowest BCUT2D eigenvalue weighted by Crippen LogP contribution is -2.37. The zero-order valence-corrected chi connectivity index (χ0v) is 33.3. The van der Waals surface area contributed by atoms with Crippen molar-refractivity contribution in [2.45, 2.75) is 49.3 Å². The summed E-state index contributed by atoms with van der Waals surface area (Å²) < 4.78 is 51.6. The van der Waals surface area contributed by atoms with Crippen LogP contribution in [0.25, 0.3) is 11.5 Å². The largest absolute Gasteiger partial charge is 0.505 e. The fourth-order valence-electron chi connectivity index (χ4n) is 5.05. The number of unbranched alkanes of at least 4 members (excludes halogenated alkanes) is 1. The number of thiazole rings is 2. The number of carbonyl (C=O) groups is 4. The number of aliphatic hydroxyl groups is 2. The Hall–Kier alpha value is -5.84. The van der Waals surface area contributed by atoms with Crippen LogP contribution < -0.4 is 10.6 Å². The number of carboxylic acid groups (broad SMARTS) is 2. The molecule has 0 fully saturated rings. The van der Waals surface area contributed by atoms with Crippen molar-refractivity contribution in [1.82, 2.24) is 18.6 Å². The molecule has 0 aliphatic carbocycles. The standard InChI is InChI=1S/2C14H13N3O4S2.C6H10O4/c2*1-8-7-15-14(22-8)16-13(19)11-12(18)9-5-3-4-6-10(9)23(20,21)17(11)2;7-5(8)3-1-2-4-6(9)10/h2*3-7,18H,1-2H3,(H,15,16,19);1-4H2,(H,7,8)(H,9,10). The molecule has 2 aromatic carbocycles. The van der Waals surface area contributed by atoms with Crippen LogP contribution in [0.3, 0.4) is 0 Å². The topological polar surface area (TPSA) is 274 Å². The first kappa shape index (κ1) is 42.9. The SMILES string of the molecule is Cc1cnc(NC(=O)C2=C(O)c3ccccc3S(=O)(=O)N2C)s1.Cc1cnc(NC(=O)C2=C(O)c3ccccc3S(=O)(=O)N2C)s1.O=C(O)CCCCC(=O)O. The van der Waals surface area contributed by atoms with Crippen LogP contribution in [-0.4, -0.2) is 93.7 Å². The normalized spacial score (nSPS) is 14.9. The number of amides is 2. The number of carboxylic acids is 2. The third kappa shape index (κ3) is 9.69. The predicted molar refractivity (Wildman–Crippen MR) is 207 cm³/mol. The van der Waals surface area contributed by atoms with Gasteiger partial charge in [0.2, 0.25) is 0 Å². The Bertz CT molecular complexity index is 2290. The molecule has 18 nitrogen and oxygen atoms in total. The molecule has 2 aliphatic rings. The molecule has 56 heavy (non-hydrogen) atoms. The number of aliphatic hydroxyl groups excluding tert-OH is 2. The van der Waals surface area contributed by atoms with E-state index in [9.17, 15) is 46.2 Å². The number of rotatable bonds is 9. The maximum Gasteiger partial charge on any atom is 0.303 e. The van der Waals surface area contributed by atoms with Crippen LogP contribution in [-0.2, 0) is 39.2 Å². The monoisotopic (exact) mass is 848 g/mol. The Morgan fingerprint density at radius 2 is 0.982 bits per heavy atom. The zero-order valence-electron chi connectivity index (χ0n) is 30.1. The third-order valence-electron chi connectivity index (χ3n) is 7.78. The van der Waals surface area contributed by atoms with Gasteiger partial charge in [0.25, 0.3) is 31.9 Å². The number of likely N-dealkylation sites (N-methyl/N-ethyl adjacent to an activating group) is 2. The number of fused-ring (bicyclic) bond motifs is 2. The van der Waals surface area contributed by atoms with Gasteiger partial charge in [-0.05, 0) is 51.0 Å². The van der Waals surface area contributed by atoms with Gasteiger partial charge in [0, 0.05) is 60.2 Å². The van der Waals surface area contributed by atoms with Gasteiger partial charge in [0.05, 0.1) is 9.79 Å². The Morgan fingerprint density at radius 1 is 0.643 bits per heavy atom. The van der Waals surface area contributed by atoms with E-state index in [4.69, 9.17) is 10.2 Å². The lowest BCUT2D eigenvalue weighted by atomic mass is 10.1. The predicted octanol–water partition coefficient (Wildman–Crippen LogP) is 4.62. The number of anilines is 2. The summed E-state index contributed by atoms with van der Waals surface area (Å²) in [6.07, 6.45) is 4.19. The van der Waals surface area contributed by atoms with Gasteiger partial charge in [0.1, 0.15) is 0 Å². The summed E-state index contributed by atoms with van der Waals surface area (Å²) in [5, 5.41) is 42.7. The number of nitrogens with zero attached hydrogens (tertiary/aromatic N) is 4. The van der Waals surface area contributed by atoms with Crippen LogP contribution in [0.2, 0.25) is 0 Å². The first-order valence-corrected chi connectivity index (χ1v) is 20.7. The second-order valence-electron chi connectivity index (χ2n) is 11.8. The van der Waals surface area contributed by atoms with Crippen LogP contribution in [0.1, 0.15) is 46.6 Å². The van der Waals surface area contributed by atoms with E-state index >= 15 is 0 Å². The molecule has 2 aliphatic heterocycles. The van der Waals surface area contributed by atoms with Crippen LogP contribution in [0.5, 0.6) is 0 Å². The van der Waals surface area contributed by atoms with E-state index in [2.05, 4.69) is 20.6 Å². The minimum Gasteiger partial charge on any atom is -0.505 e. The summed E-state index contributed by atoms with van der Waals surface area (Å²) >= 11 is 2.51. The minimum atomic E-state index is -3.90. The molecule has 0 saturated carbocycles. The van der Waals surface area contributed by atoms with E-state index in [0.29, 0.717) is 23.1 Å². The molecule has 0 atom stereocenters. The maximum absolute atomic E-state index is 12.5. The quantitative estimate of drug-likeness (QED) is 0.126. The molecule has 4 heterocycles. The molecule has 6 N–H and O–H groups in total. The number of aliphatic carboxylic acids is 2. The molecule has 298 valence electrons. The van der Waals surface area contributed by atoms with Crippen LogP contribution in [0, 0.1) is 13.8 Å². The second-order valence-corrected chi connectivity index (χ2v) is 18.1. The summed E-state index contributed by atoms with van der Waals surface area (Å²) in [5.74, 6) is -3.99. The molecule has 0 saturated heterocycles. The molecule has 4 aromatic rings. The Labute approximate surface area is 329 Å². The fourth-order valence-corrected chi connectivity index (χ4v) is 9.17. The van der Waals surface area contributed by atoms with Crippen molar-refractivity contribution < 1.29 is 56.4 Å². The van der Waals surface area contributed by atoms with E-state index < -0.39 is 43.8 Å². The minimum absolute atomic E-state index is 0.0401. The van der Waals surface area contributed by atoms with Gasteiger partial charge in [0.15, 0.2) is 33.2 Å². The van der Waals surface area contributed by atoms with Crippen molar-refractivity contribution >= 4 is 88.3 Å². The van der Waals surface area contributed by atoms with E-state index in [1.807, 2.05) is 13.8 Å². The summed E-state index contributed by atoms with van der Waals surface area (Å²) in [6, 6.07) is 12.0. The molecule has 0 bridgehead atoms. The summed E-state index contributed by atoms with van der Waals surface area (Å²) in [5.41, 5.74) is -0.467. The van der Waals surface area contributed by atoms with Gasteiger partial charge in [-0.25, -0.2) is 26.8 Å². The maximum atomic E-state index is 12.5. The highest BCUT2D eigenvalue weighted by atomic mass is 32.2. The molecular formula is C34H36N6O12S4. The summed E-state index contributed by atoms with van der Waals surface area (Å²) in [6.45, 7) is 3.66. The van der Waals surface area contributed by atoms with Crippen molar-refractivity contribution in [1.29, 1.82) is 0 Å². The van der Waals surface area contributed by atoms with Crippen molar-refractivity contribution in [3.05, 3.63) is 93.2 Å². The second kappa shape index (κ2) is 17.7. The zero-order chi connectivity index (χ0) is 41.5. The van der Waals surface area contributed by atoms with Gasteiger partial charge in [-0.1, -0.05) is 24.3 Å². The van der Waals surface area contributed by atoms with Gasteiger partial charge >= 0.3 is 11.9 Å². The average Bonchev–Trinajstić information content (AvgIpc) is 3.75. The number of carbonyl (C=O) groups excluding carboxylic acids is 2. The van der Waals surface area contributed by atoms with Crippen molar-refractivity contribution in [2.75, 3.05) is 24.7 Å². The molecule has 2 aromatic heterocycles. The Morgan fingerprint density at radius 3 is 1.29 bits per heavy atom. The van der Waals surface area contributed by atoms with Gasteiger partial charge in [-0.3, -0.25) is 38.4 Å². The van der Waals surface area contributed by atoms with Crippen LogP contribution in [0.15, 0.2) is 82.1 Å². The number of aryl methyl sites for hydroxylation is 2. The molecule has 6 rings (SSSR count). The number of hydrogen-bond donors (Lipinski definition) is 6. The van der Waals surface area contributed by atoms with E-state index in [1.165, 1.54) is 61.0 Å². The molecule has 0 unspecified atom stereocenters. The van der Waals surface area contributed by atoms with Crippen LogP contribution >= 0.6 is 22.7 Å². The van der Waals surface area contributed by atoms with Crippen molar-refractivity contribution in [2.24, 2.45) is 0 Å². The molecule has 22 heteroatoms. The van der Waals surface area contributed by atoms with E-state index in [-0.39, 0.29) is 56.7 Å². The lowest BCUT2D eigenvalue weighted by Gasteiger charge is -2.28. The first-order valence-electron chi connectivity index (χ1n) is 16.2. The number of sulfonamides is 2. The number of nitrogens with one attached hydrogen (secondary N) is 2. The van der Waals surface area contributed by atoms with Gasteiger partial charge < -0.3 is 20.4 Å². The highest BCUT2D eigenvalue weighted by Crippen LogP contribution is 2.36. The van der Waals surface area contributed by atoms with Crippen molar-refractivity contribution in [3.8, 4) is 0 Å². The summed E-state index contributed by atoms with van der Waals surface area (Å²) in [7, 11) is -5.34. The molecule has 0 radical (unpaired) electrons. The molecule has 0 spiro atoms. The number of hydrogen-bond acceptors (Lipinski definition) is 14. The van der Waals surface area contributed by atoms with Crippen molar-refractivity contribution in [3.63, 3.8) is 0 Å². The highest BCUT2D eigenvalue weighted by molar-refractivity contribution is 7.89. The average molecular weight is 849 g/mol. The Balaban J connectivity index is 0.000000202. The highest BCUT2D eigenvalue weighted by Gasteiger charge is 2.39. The molecule has 2 amide bonds. The van der Waals surface area contributed by atoms with Gasteiger partial charge in [-0.15, -0.1) is 22.7 Å². The smallest absolute Gasteiger partial charge is 0.303 e. The number of benzene rings is 2.